The van der Waals surface area contributed by atoms with Crippen molar-refractivity contribution in [3.63, 3.8) is 0 Å². The van der Waals surface area contributed by atoms with Crippen LogP contribution in [0.1, 0.15) is 16.1 Å². The molecule has 2 heterocycles. The van der Waals surface area contributed by atoms with Crippen molar-refractivity contribution in [3.05, 3.63) is 71.1 Å². The Labute approximate surface area is 138 Å². The number of H-pyrrole nitrogens is 1. The van der Waals surface area contributed by atoms with Crippen molar-refractivity contribution in [2.75, 3.05) is 7.05 Å². The zero-order valence-corrected chi connectivity index (χ0v) is 13.3. The van der Waals surface area contributed by atoms with E-state index < -0.39 is 0 Å². The predicted octanol–water partition coefficient (Wildman–Crippen LogP) is 3.40. The Hall–Kier alpha value is -2.66. The van der Waals surface area contributed by atoms with Gasteiger partial charge < -0.3 is 4.90 Å². The molecular weight excluding hydrogens is 312 g/mol. The fourth-order valence-electron chi connectivity index (χ4n) is 2.24. The lowest BCUT2D eigenvalue weighted by atomic mass is 10.1. The molecular formula is C17H15ClN4O. The lowest BCUT2D eigenvalue weighted by Crippen LogP contribution is -2.26. The van der Waals surface area contributed by atoms with E-state index >= 15 is 0 Å². The van der Waals surface area contributed by atoms with Crippen molar-refractivity contribution in [3.8, 4) is 11.3 Å². The summed E-state index contributed by atoms with van der Waals surface area (Å²) in [6, 6.07) is 15.0. The van der Waals surface area contributed by atoms with Crippen molar-refractivity contribution in [2.45, 2.75) is 6.54 Å². The van der Waals surface area contributed by atoms with E-state index in [1.807, 2.05) is 36.4 Å². The van der Waals surface area contributed by atoms with Crippen molar-refractivity contribution < 1.29 is 4.79 Å². The molecule has 0 bridgehead atoms. The molecule has 1 N–H and O–H groups in total. The van der Waals surface area contributed by atoms with Crippen molar-refractivity contribution in [1.82, 2.24) is 20.1 Å². The van der Waals surface area contributed by atoms with E-state index in [0.29, 0.717) is 17.4 Å². The number of hydrogen-bond donors (Lipinski definition) is 1. The van der Waals surface area contributed by atoms with Crippen molar-refractivity contribution >= 4 is 17.5 Å². The standard InChI is InChI=1S/C17H15ClN4O/c1-22(11-12-7-8-16(18)19-10-12)17(23)15-9-14(20-21-15)13-5-3-2-4-6-13/h2-10H,11H2,1H3,(H,20,21). The first kappa shape index (κ1) is 15.2. The molecule has 1 aromatic carbocycles. The van der Waals surface area contributed by atoms with Crippen LogP contribution in [0.5, 0.6) is 0 Å². The summed E-state index contributed by atoms with van der Waals surface area (Å²) in [4.78, 5) is 18.1. The number of carbonyl (C=O) groups excluding carboxylic acids is 1. The van der Waals surface area contributed by atoms with Gasteiger partial charge in [-0.3, -0.25) is 9.89 Å². The molecule has 0 aliphatic carbocycles. The molecule has 0 unspecified atom stereocenters. The quantitative estimate of drug-likeness (QED) is 0.747. The largest absolute Gasteiger partial charge is 0.336 e. The van der Waals surface area contributed by atoms with Gasteiger partial charge in [0, 0.05) is 25.4 Å². The molecule has 116 valence electrons. The molecule has 0 spiro atoms. The molecule has 3 rings (SSSR count). The number of amides is 1. The van der Waals surface area contributed by atoms with E-state index in [1.54, 1.807) is 30.3 Å². The first-order valence-corrected chi connectivity index (χ1v) is 7.48. The van der Waals surface area contributed by atoms with Crippen molar-refractivity contribution in [2.24, 2.45) is 0 Å². The Kier molecular flexibility index (Phi) is 4.39. The van der Waals surface area contributed by atoms with E-state index in [-0.39, 0.29) is 5.91 Å². The molecule has 0 saturated carbocycles. The van der Waals surface area contributed by atoms with Crippen LogP contribution in [0.25, 0.3) is 11.3 Å². The highest BCUT2D eigenvalue weighted by Gasteiger charge is 2.15. The fraction of sp³-hybridized carbons (Fsp3) is 0.118. The number of benzene rings is 1. The Bertz CT molecular complexity index is 799. The lowest BCUT2D eigenvalue weighted by Gasteiger charge is -2.15. The predicted molar refractivity (Wildman–Crippen MR) is 89.1 cm³/mol. The van der Waals surface area contributed by atoms with Crippen LogP contribution >= 0.6 is 11.6 Å². The Morgan fingerprint density at radius 1 is 1.22 bits per heavy atom. The first-order valence-electron chi connectivity index (χ1n) is 7.10. The van der Waals surface area contributed by atoms with Crippen LogP contribution in [-0.4, -0.2) is 33.0 Å². The maximum atomic E-state index is 12.5. The highest BCUT2D eigenvalue weighted by molar-refractivity contribution is 6.29. The molecule has 0 atom stereocenters. The van der Waals surface area contributed by atoms with Crippen LogP contribution < -0.4 is 0 Å². The van der Waals surface area contributed by atoms with Crippen LogP contribution in [0.4, 0.5) is 0 Å². The summed E-state index contributed by atoms with van der Waals surface area (Å²) in [5.74, 6) is -0.130. The summed E-state index contributed by atoms with van der Waals surface area (Å²) >= 11 is 5.76. The number of aromatic nitrogens is 3. The van der Waals surface area contributed by atoms with E-state index in [0.717, 1.165) is 16.8 Å². The summed E-state index contributed by atoms with van der Waals surface area (Å²) in [6.45, 7) is 0.447. The Morgan fingerprint density at radius 3 is 2.70 bits per heavy atom. The van der Waals surface area contributed by atoms with Crippen LogP contribution in [0.3, 0.4) is 0 Å². The van der Waals surface area contributed by atoms with Crippen LogP contribution in [0.2, 0.25) is 5.15 Å². The molecule has 0 saturated heterocycles. The third-order valence-corrected chi connectivity index (χ3v) is 3.66. The summed E-state index contributed by atoms with van der Waals surface area (Å²) < 4.78 is 0. The minimum absolute atomic E-state index is 0.130. The minimum Gasteiger partial charge on any atom is -0.336 e. The maximum absolute atomic E-state index is 12.5. The molecule has 5 nitrogen and oxygen atoms in total. The Morgan fingerprint density at radius 2 is 2.00 bits per heavy atom. The molecule has 0 radical (unpaired) electrons. The zero-order chi connectivity index (χ0) is 16.2. The Balaban J connectivity index is 1.72. The first-order chi connectivity index (χ1) is 11.1. The molecule has 1 amide bonds. The number of rotatable bonds is 4. The van der Waals surface area contributed by atoms with Gasteiger partial charge in [-0.2, -0.15) is 5.10 Å². The number of pyridine rings is 1. The highest BCUT2D eigenvalue weighted by atomic mass is 35.5. The SMILES string of the molecule is CN(Cc1ccc(Cl)nc1)C(=O)c1cc(-c2ccccc2)n[nH]1. The number of halogens is 1. The van der Waals surface area contributed by atoms with Gasteiger partial charge in [0.15, 0.2) is 0 Å². The number of hydrogen-bond acceptors (Lipinski definition) is 3. The molecule has 0 fully saturated rings. The molecule has 3 aromatic rings. The van der Waals surface area contributed by atoms with Crippen molar-refractivity contribution in [1.29, 1.82) is 0 Å². The van der Waals surface area contributed by atoms with Gasteiger partial charge >= 0.3 is 0 Å². The van der Waals surface area contributed by atoms with E-state index in [1.165, 1.54) is 0 Å². The summed E-state index contributed by atoms with van der Waals surface area (Å²) in [5, 5.41) is 7.44. The van der Waals surface area contributed by atoms with Crippen LogP contribution in [0, 0.1) is 0 Å². The highest BCUT2D eigenvalue weighted by Crippen LogP contribution is 2.18. The van der Waals surface area contributed by atoms with Gasteiger partial charge in [-0.25, -0.2) is 4.98 Å². The molecule has 6 heteroatoms. The number of nitrogens with zero attached hydrogens (tertiary/aromatic N) is 3. The van der Waals surface area contributed by atoms with Gasteiger partial charge in [0.1, 0.15) is 10.8 Å². The maximum Gasteiger partial charge on any atom is 0.271 e. The van der Waals surface area contributed by atoms with Gasteiger partial charge in [-0.1, -0.05) is 48.0 Å². The average Bonchev–Trinajstić information content (AvgIpc) is 3.07. The zero-order valence-electron chi connectivity index (χ0n) is 12.5. The second-order valence-electron chi connectivity index (χ2n) is 5.18. The lowest BCUT2D eigenvalue weighted by molar-refractivity contribution is 0.0779. The van der Waals surface area contributed by atoms with E-state index in [2.05, 4.69) is 15.2 Å². The number of carbonyl (C=O) groups is 1. The smallest absolute Gasteiger partial charge is 0.271 e. The van der Waals surface area contributed by atoms with Gasteiger partial charge in [0.25, 0.3) is 5.91 Å². The third-order valence-electron chi connectivity index (χ3n) is 3.43. The van der Waals surface area contributed by atoms with Gasteiger partial charge in [0.2, 0.25) is 0 Å². The third kappa shape index (κ3) is 3.57. The average molecular weight is 327 g/mol. The van der Waals surface area contributed by atoms with Gasteiger partial charge in [-0.15, -0.1) is 0 Å². The van der Waals surface area contributed by atoms with Gasteiger partial charge in [-0.05, 0) is 17.7 Å². The summed E-state index contributed by atoms with van der Waals surface area (Å²) in [7, 11) is 1.74. The van der Waals surface area contributed by atoms with Crippen LogP contribution in [0.15, 0.2) is 54.7 Å². The summed E-state index contributed by atoms with van der Waals surface area (Å²) in [5.41, 5.74) is 3.07. The monoisotopic (exact) mass is 326 g/mol. The second-order valence-corrected chi connectivity index (χ2v) is 5.57. The fourth-order valence-corrected chi connectivity index (χ4v) is 2.35. The summed E-state index contributed by atoms with van der Waals surface area (Å²) in [6.07, 6.45) is 1.66. The minimum atomic E-state index is -0.130. The second kappa shape index (κ2) is 6.62. The molecule has 2 aromatic heterocycles. The van der Waals surface area contributed by atoms with Crippen LogP contribution in [-0.2, 0) is 6.54 Å². The van der Waals surface area contributed by atoms with E-state index in [9.17, 15) is 4.79 Å². The molecule has 0 aliphatic rings. The number of aromatic amines is 1. The topological polar surface area (TPSA) is 61.9 Å². The normalized spacial score (nSPS) is 10.5. The molecule has 0 aliphatic heterocycles. The molecule has 23 heavy (non-hydrogen) atoms. The van der Waals surface area contributed by atoms with E-state index in [4.69, 9.17) is 11.6 Å². The van der Waals surface area contributed by atoms with Gasteiger partial charge in [0.05, 0.1) is 5.69 Å². The number of nitrogens with one attached hydrogen (secondary N) is 1.